The van der Waals surface area contributed by atoms with Gasteiger partial charge in [0.15, 0.2) is 29.1 Å². The Hall–Kier alpha value is -6.56. The van der Waals surface area contributed by atoms with Gasteiger partial charge in [0.25, 0.3) is 0 Å². The van der Waals surface area contributed by atoms with Crippen molar-refractivity contribution in [2.45, 2.75) is 205 Å². The number of fused-ring (bicyclic) bond motifs is 8. The van der Waals surface area contributed by atoms with Gasteiger partial charge in [-0.25, -0.2) is 22.0 Å². The molecule has 7 nitrogen and oxygen atoms in total. The zero-order valence-electron chi connectivity index (χ0n) is 51.6. The van der Waals surface area contributed by atoms with Crippen molar-refractivity contribution < 1.29 is 47.6 Å². The summed E-state index contributed by atoms with van der Waals surface area (Å²) in [4.78, 5) is 0. The molecule has 0 saturated heterocycles. The van der Waals surface area contributed by atoms with Crippen molar-refractivity contribution in [1.82, 2.24) is 0 Å². The van der Waals surface area contributed by atoms with Crippen LogP contribution in [0.4, 0.5) is 22.0 Å². The highest BCUT2D eigenvalue weighted by atomic mass is 19.2. The maximum absolute atomic E-state index is 15.8. The summed E-state index contributed by atoms with van der Waals surface area (Å²) in [6, 6.07) is 23.1. The maximum Gasteiger partial charge on any atom is 0.200 e. The second kappa shape index (κ2) is 18.2. The molecule has 0 heterocycles. The lowest BCUT2D eigenvalue weighted by Gasteiger charge is -2.49. The van der Waals surface area contributed by atoms with Crippen LogP contribution in [-0.2, 0) is 43.3 Å². The zero-order valence-corrected chi connectivity index (χ0v) is 51.6. The van der Waals surface area contributed by atoms with Crippen LogP contribution in [0.1, 0.15) is 246 Å². The minimum absolute atomic E-state index is 0.0405. The first-order valence-electron chi connectivity index (χ1n) is 29.1. The Balaban J connectivity index is 1.12. The van der Waals surface area contributed by atoms with Crippen molar-refractivity contribution in [3.8, 4) is 23.0 Å². The molecule has 4 atom stereocenters. The highest BCUT2D eigenvalue weighted by Gasteiger charge is 2.60. The molecule has 4 unspecified atom stereocenters. The predicted molar refractivity (Wildman–Crippen MR) is 318 cm³/mol. The number of phenols is 4. The van der Waals surface area contributed by atoms with Crippen LogP contribution in [0.25, 0.3) is 0 Å². The Bertz CT molecular complexity index is 3730. The molecule has 83 heavy (non-hydrogen) atoms. The summed E-state index contributed by atoms with van der Waals surface area (Å²) in [6.07, 6.45) is 2.63. The molecule has 7 N–H and O–H groups in total. The standard InChI is InChI=1S/C71H83F5N2O5/c1-62(2,3)47-25-41-45(29-51(47)81)70(33-66(41,11)12)31-64(7,8)39-23-37(49(79)27-43(39)70)54(35-19-21-36(22-20-35)61(77)78-83)69(17,18)68(15,16)48-26-42-46(30-52(48)82)71(34-67(42,13)14)32-65(9,10)40-24-38(50(80)28-44(40)71)55(63(4,5)6)53-56(72)58(74)60(76)59(75)57(53)73/h19-30,54-55,79-83H,31-34H2,1-18H3,(H2,77,78). The van der Waals surface area contributed by atoms with Crippen LogP contribution in [0, 0.1) is 39.9 Å². The van der Waals surface area contributed by atoms with E-state index < -0.39 is 84.4 Å². The minimum atomic E-state index is -2.25. The number of nitrogens with two attached hydrogens (primary N) is 1. The molecule has 4 aliphatic carbocycles. The molecule has 0 fully saturated rings. The van der Waals surface area contributed by atoms with Gasteiger partial charge >= 0.3 is 0 Å². The molecule has 0 amide bonds. The van der Waals surface area contributed by atoms with E-state index in [2.05, 4.69) is 113 Å². The molecule has 6 aromatic carbocycles. The van der Waals surface area contributed by atoms with E-state index in [9.17, 15) is 38.8 Å². The lowest BCUT2D eigenvalue weighted by atomic mass is 9.55. The second-order valence-corrected chi connectivity index (χ2v) is 31.1. The molecule has 6 aromatic rings. The quantitative estimate of drug-likeness (QED) is 0.0171. The SMILES string of the molecule is CC(C)(C)c1cc2c(cc1O)C1(CC(C)(C)c3cc(C(c4ccc(/C(N)=N/O)cc4)C(C)(C)C(C)(C)c4cc5c(cc4O)C4(CC(C)(C)c6cc(C(c7c(F)c(F)c(F)c(F)c7F)C(C)(C)C)c(O)cc64)CC5(C)C)c(O)cc31)CC2(C)C. The van der Waals surface area contributed by atoms with Gasteiger partial charge < -0.3 is 31.4 Å². The van der Waals surface area contributed by atoms with Crippen LogP contribution in [0.3, 0.4) is 0 Å². The maximum atomic E-state index is 15.8. The van der Waals surface area contributed by atoms with E-state index in [0.717, 1.165) is 62.9 Å². The molecular formula is C71H83F5N2O5. The van der Waals surface area contributed by atoms with E-state index in [0.29, 0.717) is 29.5 Å². The number of amidine groups is 1. The highest BCUT2D eigenvalue weighted by Crippen LogP contribution is 2.68. The second-order valence-electron chi connectivity index (χ2n) is 31.1. The normalized spacial score (nSPS) is 22.0. The Kier molecular flexibility index (Phi) is 13.1. The lowest BCUT2D eigenvalue weighted by molar-refractivity contribution is 0.163. The number of rotatable bonds is 8. The molecule has 0 radical (unpaired) electrons. The van der Waals surface area contributed by atoms with E-state index in [1.807, 2.05) is 44.2 Å². The Labute approximate surface area is 486 Å². The van der Waals surface area contributed by atoms with Gasteiger partial charge in [0, 0.05) is 50.5 Å². The van der Waals surface area contributed by atoms with E-state index in [1.165, 1.54) is 5.56 Å². The molecule has 12 heteroatoms. The van der Waals surface area contributed by atoms with Crippen LogP contribution < -0.4 is 5.73 Å². The van der Waals surface area contributed by atoms with Crippen molar-refractivity contribution in [1.29, 1.82) is 0 Å². The average molecular weight is 1140 g/mol. The number of phenolic OH excluding ortho intramolecular Hbond substituents is 4. The predicted octanol–water partition coefficient (Wildman–Crippen LogP) is 17.2. The van der Waals surface area contributed by atoms with Crippen molar-refractivity contribution in [3.63, 3.8) is 0 Å². The molecular weight excluding hydrogens is 1060 g/mol. The highest BCUT2D eigenvalue weighted by molar-refractivity contribution is 5.97. The van der Waals surface area contributed by atoms with Crippen LogP contribution in [0.2, 0.25) is 0 Å². The molecule has 10 rings (SSSR count). The third-order valence-corrected chi connectivity index (χ3v) is 21.0. The largest absolute Gasteiger partial charge is 0.508 e. The van der Waals surface area contributed by atoms with Gasteiger partial charge in [0.05, 0.1) is 0 Å². The fourth-order valence-electron chi connectivity index (χ4n) is 16.9. The van der Waals surface area contributed by atoms with Crippen LogP contribution >= 0.6 is 0 Å². The van der Waals surface area contributed by atoms with E-state index >= 15 is 8.78 Å². The number of nitrogens with zero attached hydrogens (tertiary/aromatic N) is 1. The van der Waals surface area contributed by atoms with Crippen LogP contribution in [-0.4, -0.2) is 31.5 Å². The molecule has 442 valence electrons. The Morgan fingerprint density at radius 1 is 0.458 bits per heavy atom. The third kappa shape index (κ3) is 8.53. The van der Waals surface area contributed by atoms with Gasteiger partial charge in [-0.3, -0.25) is 0 Å². The average Bonchev–Trinajstić information content (AvgIpc) is 1.64. The smallest absolute Gasteiger partial charge is 0.200 e. The molecule has 2 spiro atoms. The minimum Gasteiger partial charge on any atom is -0.508 e. The summed E-state index contributed by atoms with van der Waals surface area (Å²) in [6.45, 7) is 37.3. The summed E-state index contributed by atoms with van der Waals surface area (Å²) in [7, 11) is 0. The zero-order chi connectivity index (χ0) is 61.6. The van der Waals surface area contributed by atoms with Gasteiger partial charge in [0.2, 0.25) is 5.82 Å². The molecule has 0 saturated carbocycles. The number of hydrogen-bond acceptors (Lipinski definition) is 6. The van der Waals surface area contributed by atoms with E-state index in [1.54, 1.807) is 45.0 Å². The Morgan fingerprint density at radius 3 is 1.17 bits per heavy atom. The molecule has 0 bridgehead atoms. The molecule has 0 aliphatic heterocycles. The first-order valence-corrected chi connectivity index (χ1v) is 29.1. The van der Waals surface area contributed by atoms with Crippen LogP contribution in [0.15, 0.2) is 78.0 Å². The third-order valence-electron chi connectivity index (χ3n) is 21.0. The molecule has 0 aromatic heterocycles. The Morgan fingerprint density at radius 2 is 0.795 bits per heavy atom. The van der Waals surface area contributed by atoms with Crippen molar-refractivity contribution in [2.24, 2.45) is 21.7 Å². The first-order chi connectivity index (χ1) is 37.9. The van der Waals surface area contributed by atoms with Gasteiger partial charge in [-0.15, -0.1) is 0 Å². The van der Waals surface area contributed by atoms with Gasteiger partial charge in [-0.1, -0.05) is 178 Å². The number of benzene rings is 6. The van der Waals surface area contributed by atoms with E-state index in [4.69, 9.17) is 5.73 Å². The van der Waals surface area contributed by atoms with Gasteiger partial charge in [-0.05, 0) is 149 Å². The fourth-order valence-corrected chi connectivity index (χ4v) is 16.9. The number of halogens is 5. The summed E-state index contributed by atoms with van der Waals surface area (Å²) in [5.41, 5.74) is 10.4. The monoisotopic (exact) mass is 1140 g/mol. The fraction of sp³-hybridized carbons (Fsp3) is 0.479. The van der Waals surface area contributed by atoms with Crippen molar-refractivity contribution >= 4 is 5.84 Å². The number of aromatic hydroxyl groups is 4. The summed E-state index contributed by atoms with van der Waals surface area (Å²) < 4.78 is 75.9. The molecule has 4 aliphatic rings. The topological polar surface area (TPSA) is 140 Å². The van der Waals surface area contributed by atoms with E-state index in [-0.39, 0.29) is 50.6 Å². The first kappa shape index (κ1) is 59.6. The van der Waals surface area contributed by atoms with Crippen molar-refractivity contribution in [3.05, 3.63) is 185 Å². The number of oxime groups is 1. The number of hydrogen-bond donors (Lipinski definition) is 6. The van der Waals surface area contributed by atoms with Gasteiger partial charge in [0.1, 0.15) is 23.0 Å². The lowest BCUT2D eigenvalue weighted by Crippen LogP contribution is -2.42. The van der Waals surface area contributed by atoms with Crippen LogP contribution in [0.5, 0.6) is 23.0 Å². The van der Waals surface area contributed by atoms with Crippen molar-refractivity contribution in [2.75, 3.05) is 0 Å². The van der Waals surface area contributed by atoms with Gasteiger partial charge in [-0.2, -0.15) is 0 Å². The summed E-state index contributed by atoms with van der Waals surface area (Å²) in [5, 5.41) is 62.6. The summed E-state index contributed by atoms with van der Waals surface area (Å²) in [5.74, 6) is -12.2. The summed E-state index contributed by atoms with van der Waals surface area (Å²) >= 11 is 0.